The van der Waals surface area contributed by atoms with Crippen LogP contribution < -0.4 is 10.9 Å². The smallest absolute Gasteiger partial charge is 0.305 e. The van der Waals surface area contributed by atoms with Gasteiger partial charge in [-0.15, -0.1) is 11.3 Å². The molecule has 3 rings (SSSR count). The Morgan fingerprint density at radius 2 is 2.08 bits per heavy atom. The van der Waals surface area contributed by atoms with Gasteiger partial charge >= 0.3 is 5.91 Å². The molecule has 2 aromatic heterocycles. The van der Waals surface area contributed by atoms with E-state index in [0.29, 0.717) is 17.2 Å². The lowest BCUT2D eigenvalue weighted by Gasteiger charge is -2.22. The van der Waals surface area contributed by atoms with E-state index in [1.54, 1.807) is 0 Å². The minimum Gasteiger partial charge on any atom is -0.459 e. The first-order valence-corrected chi connectivity index (χ1v) is 9.94. The predicted molar refractivity (Wildman–Crippen MR) is 90.6 cm³/mol. The van der Waals surface area contributed by atoms with E-state index < -0.39 is 27.9 Å². The van der Waals surface area contributed by atoms with Gasteiger partial charge in [-0.3, -0.25) is 20.4 Å². The zero-order valence-corrected chi connectivity index (χ0v) is 15.2. The molecule has 2 N–H and O–H groups in total. The van der Waals surface area contributed by atoms with E-state index in [2.05, 4.69) is 10.9 Å². The van der Waals surface area contributed by atoms with Gasteiger partial charge in [0.25, 0.3) is 15.9 Å². The number of hydrazine groups is 1. The fourth-order valence-corrected chi connectivity index (χ4v) is 5.78. The fraction of sp³-hybridized carbons (Fsp3) is 0.286. The SMILES string of the molecule is O=C(NNC(=O)[C@H]1CCCN1S(=O)(=O)c1ccc(Cl)s1)c1ccco1. The Balaban J connectivity index is 1.68. The lowest BCUT2D eigenvalue weighted by molar-refractivity contribution is -0.125. The quantitative estimate of drug-likeness (QED) is 0.754. The third-order valence-corrected chi connectivity index (χ3v) is 7.27. The zero-order chi connectivity index (χ0) is 18.0. The summed E-state index contributed by atoms with van der Waals surface area (Å²) in [7, 11) is -3.82. The van der Waals surface area contributed by atoms with Gasteiger partial charge in [-0.05, 0) is 37.1 Å². The summed E-state index contributed by atoms with van der Waals surface area (Å²) >= 11 is 6.74. The van der Waals surface area contributed by atoms with Crippen LogP contribution in [0, 0.1) is 0 Å². The number of hydrogen-bond acceptors (Lipinski definition) is 6. The van der Waals surface area contributed by atoms with E-state index in [1.165, 1.54) is 30.5 Å². The number of thiophene rings is 1. The highest BCUT2D eigenvalue weighted by Crippen LogP contribution is 2.32. The predicted octanol–water partition coefficient (Wildman–Crippen LogP) is 1.61. The van der Waals surface area contributed by atoms with Crippen LogP contribution >= 0.6 is 22.9 Å². The first kappa shape index (κ1) is 17.9. The van der Waals surface area contributed by atoms with Crippen molar-refractivity contribution in [3.63, 3.8) is 0 Å². The number of nitrogens with zero attached hydrogens (tertiary/aromatic N) is 1. The molecule has 11 heteroatoms. The first-order valence-electron chi connectivity index (χ1n) is 7.30. The number of halogens is 1. The maximum Gasteiger partial charge on any atom is 0.305 e. The molecular weight excluding hydrogens is 390 g/mol. The number of hydrogen-bond donors (Lipinski definition) is 2. The Morgan fingerprint density at radius 3 is 2.72 bits per heavy atom. The van der Waals surface area contributed by atoms with E-state index >= 15 is 0 Å². The van der Waals surface area contributed by atoms with Gasteiger partial charge in [0, 0.05) is 6.54 Å². The number of furan rings is 1. The van der Waals surface area contributed by atoms with Crippen LogP contribution in [0.2, 0.25) is 4.34 Å². The summed E-state index contributed by atoms with van der Waals surface area (Å²) in [6, 6.07) is 4.98. The lowest BCUT2D eigenvalue weighted by atomic mass is 10.2. The van der Waals surface area contributed by atoms with E-state index in [0.717, 1.165) is 15.6 Å². The number of carbonyl (C=O) groups is 2. The van der Waals surface area contributed by atoms with Crippen LogP contribution in [0.3, 0.4) is 0 Å². The average molecular weight is 404 g/mol. The molecule has 0 bridgehead atoms. The molecule has 8 nitrogen and oxygen atoms in total. The van der Waals surface area contributed by atoms with Gasteiger partial charge in [0.15, 0.2) is 5.76 Å². The van der Waals surface area contributed by atoms with Crippen molar-refractivity contribution in [2.45, 2.75) is 23.1 Å². The van der Waals surface area contributed by atoms with Crippen molar-refractivity contribution >= 4 is 44.8 Å². The van der Waals surface area contributed by atoms with Crippen LogP contribution in [0.4, 0.5) is 0 Å². The molecule has 1 atom stereocenters. The molecule has 1 saturated heterocycles. The maximum absolute atomic E-state index is 12.7. The zero-order valence-electron chi connectivity index (χ0n) is 12.8. The highest BCUT2D eigenvalue weighted by Gasteiger charge is 2.40. The summed E-state index contributed by atoms with van der Waals surface area (Å²) in [5.41, 5.74) is 4.45. The van der Waals surface area contributed by atoms with Crippen molar-refractivity contribution in [1.29, 1.82) is 0 Å². The van der Waals surface area contributed by atoms with E-state index in [-0.39, 0.29) is 16.5 Å². The monoisotopic (exact) mass is 403 g/mol. The minimum atomic E-state index is -3.82. The molecule has 0 radical (unpaired) electrons. The molecular formula is C14H14ClN3O5S2. The van der Waals surface area contributed by atoms with Gasteiger partial charge < -0.3 is 4.42 Å². The van der Waals surface area contributed by atoms with Crippen LogP contribution in [0.1, 0.15) is 23.4 Å². The van der Waals surface area contributed by atoms with Crippen LogP contribution in [0.15, 0.2) is 39.2 Å². The summed E-state index contributed by atoms with van der Waals surface area (Å²) in [5.74, 6) is -1.20. The Hall–Kier alpha value is -1.88. The van der Waals surface area contributed by atoms with Crippen molar-refractivity contribution in [2.75, 3.05) is 6.54 Å². The van der Waals surface area contributed by atoms with Crippen molar-refractivity contribution < 1.29 is 22.4 Å². The molecule has 2 aromatic rings. The Kier molecular flexibility index (Phi) is 5.13. The second-order valence-corrected chi connectivity index (χ2v) is 9.09. The van der Waals surface area contributed by atoms with E-state index in [1.807, 2.05) is 0 Å². The topological polar surface area (TPSA) is 109 Å². The van der Waals surface area contributed by atoms with E-state index in [9.17, 15) is 18.0 Å². The number of sulfonamides is 1. The highest BCUT2D eigenvalue weighted by atomic mass is 35.5. The standard InChI is InChI=1S/C14H14ClN3O5S2/c15-11-5-6-12(24-11)25(21,22)18-7-1-3-9(18)13(19)16-17-14(20)10-4-2-8-23-10/h2,4-6,8-9H,1,3,7H2,(H,16,19)(H,17,20)/t9-/m1/s1. The molecule has 1 aliphatic heterocycles. The number of amides is 2. The number of rotatable bonds is 4. The minimum absolute atomic E-state index is 0.0319. The molecule has 134 valence electrons. The summed E-state index contributed by atoms with van der Waals surface area (Å²) in [4.78, 5) is 24.1. The van der Waals surface area contributed by atoms with Gasteiger partial charge in [0.05, 0.1) is 10.6 Å². The summed E-state index contributed by atoms with van der Waals surface area (Å²) < 4.78 is 31.8. The maximum atomic E-state index is 12.7. The van der Waals surface area contributed by atoms with Gasteiger partial charge in [-0.2, -0.15) is 4.31 Å². The molecule has 2 amide bonds. The number of carbonyl (C=O) groups excluding carboxylic acids is 2. The third-order valence-electron chi connectivity index (χ3n) is 3.66. The van der Waals surface area contributed by atoms with Crippen molar-refractivity contribution in [3.05, 3.63) is 40.6 Å². The lowest BCUT2D eigenvalue weighted by Crippen LogP contribution is -2.51. The summed E-state index contributed by atoms with van der Waals surface area (Å²) in [5, 5.41) is 0. The molecule has 0 aromatic carbocycles. The molecule has 0 unspecified atom stereocenters. The largest absolute Gasteiger partial charge is 0.459 e. The summed E-state index contributed by atoms with van der Waals surface area (Å²) in [6.07, 6.45) is 2.23. The van der Waals surface area contributed by atoms with Gasteiger partial charge in [0.1, 0.15) is 10.3 Å². The molecule has 0 spiro atoms. The van der Waals surface area contributed by atoms with Crippen molar-refractivity contribution in [1.82, 2.24) is 15.2 Å². The fourth-order valence-electron chi connectivity index (χ4n) is 2.51. The third kappa shape index (κ3) is 3.71. The first-order chi connectivity index (χ1) is 11.9. The molecule has 1 aliphatic rings. The second-order valence-electron chi connectivity index (χ2n) is 5.25. The molecule has 0 saturated carbocycles. The Morgan fingerprint density at radius 1 is 1.28 bits per heavy atom. The van der Waals surface area contributed by atoms with Crippen LogP contribution in [0.25, 0.3) is 0 Å². The van der Waals surface area contributed by atoms with Gasteiger partial charge in [-0.1, -0.05) is 11.6 Å². The van der Waals surface area contributed by atoms with Crippen LogP contribution in [-0.2, 0) is 14.8 Å². The normalized spacial score (nSPS) is 18.2. The Bertz CT molecular complexity index is 878. The Labute approximate surface area is 152 Å². The van der Waals surface area contributed by atoms with E-state index in [4.69, 9.17) is 16.0 Å². The van der Waals surface area contributed by atoms with Crippen LogP contribution in [-0.4, -0.2) is 37.1 Å². The van der Waals surface area contributed by atoms with Gasteiger partial charge in [-0.25, -0.2) is 8.42 Å². The van der Waals surface area contributed by atoms with Crippen molar-refractivity contribution in [3.8, 4) is 0 Å². The van der Waals surface area contributed by atoms with Gasteiger partial charge in [0.2, 0.25) is 0 Å². The summed E-state index contributed by atoms with van der Waals surface area (Å²) in [6.45, 7) is 0.224. The highest BCUT2D eigenvalue weighted by molar-refractivity contribution is 7.91. The molecule has 0 aliphatic carbocycles. The second kappa shape index (κ2) is 7.16. The molecule has 1 fully saturated rings. The number of nitrogens with one attached hydrogen (secondary N) is 2. The average Bonchev–Trinajstić information content (AvgIpc) is 3.31. The van der Waals surface area contributed by atoms with Crippen molar-refractivity contribution in [2.24, 2.45) is 0 Å². The molecule has 25 heavy (non-hydrogen) atoms. The van der Waals surface area contributed by atoms with Crippen LogP contribution in [0.5, 0.6) is 0 Å². The molecule has 3 heterocycles.